The minimum atomic E-state index is 0.501. The molecule has 1 N–H and O–H groups in total. The first-order valence-electron chi connectivity index (χ1n) is 5.56. The van der Waals surface area contributed by atoms with Gasteiger partial charge in [0.1, 0.15) is 0 Å². The minimum Gasteiger partial charge on any atom is -0.316 e. The largest absolute Gasteiger partial charge is 0.316 e. The third-order valence-electron chi connectivity index (χ3n) is 3.04. The van der Waals surface area contributed by atoms with E-state index in [1.807, 2.05) is 0 Å². The summed E-state index contributed by atoms with van der Waals surface area (Å²) in [5, 5.41) is 3.45. The van der Waals surface area contributed by atoms with Crippen LogP contribution in [0, 0.1) is 5.41 Å². The molecular weight excluding hydrogens is 174 g/mol. The molecule has 0 aliphatic carbocycles. The van der Waals surface area contributed by atoms with Crippen molar-refractivity contribution in [2.24, 2.45) is 5.41 Å². The van der Waals surface area contributed by atoms with Crippen molar-refractivity contribution in [1.82, 2.24) is 15.1 Å². The molecule has 0 saturated carbocycles. The van der Waals surface area contributed by atoms with E-state index in [1.165, 1.54) is 32.6 Å². The van der Waals surface area contributed by atoms with Gasteiger partial charge in [-0.05, 0) is 39.5 Å². The van der Waals surface area contributed by atoms with E-state index in [4.69, 9.17) is 0 Å². The molecule has 0 aromatic heterocycles. The first-order chi connectivity index (χ1) is 6.52. The van der Waals surface area contributed by atoms with E-state index in [9.17, 15) is 0 Å². The minimum absolute atomic E-state index is 0.501. The van der Waals surface area contributed by atoms with Gasteiger partial charge in [0.15, 0.2) is 0 Å². The molecule has 1 saturated heterocycles. The number of likely N-dealkylation sites (N-methyl/N-ethyl adjacent to an activating group) is 2. The fourth-order valence-electron chi connectivity index (χ4n) is 2.11. The molecule has 1 heterocycles. The molecule has 3 nitrogen and oxygen atoms in total. The second kappa shape index (κ2) is 5.10. The molecular formula is C11H25N3. The van der Waals surface area contributed by atoms with Gasteiger partial charge in [0.2, 0.25) is 0 Å². The Labute approximate surface area is 88.5 Å². The molecule has 1 rings (SSSR count). The van der Waals surface area contributed by atoms with E-state index >= 15 is 0 Å². The highest BCUT2D eigenvalue weighted by Crippen LogP contribution is 2.24. The highest BCUT2D eigenvalue weighted by molar-refractivity contribution is 4.85. The van der Waals surface area contributed by atoms with Gasteiger partial charge in [-0.1, -0.05) is 6.92 Å². The smallest absolute Gasteiger partial charge is 0.0106 e. The summed E-state index contributed by atoms with van der Waals surface area (Å²) < 4.78 is 0. The first-order valence-corrected chi connectivity index (χ1v) is 5.56. The van der Waals surface area contributed by atoms with E-state index in [1.54, 1.807) is 0 Å². The molecule has 0 aromatic carbocycles. The molecule has 1 aliphatic heterocycles. The second-order valence-electron chi connectivity index (χ2n) is 5.28. The maximum absolute atomic E-state index is 3.45. The predicted octanol–water partition coefficient (Wildman–Crippen LogP) is 0.479. The van der Waals surface area contributed by atoms with Crippen LogP contribution >= 0.6 is 0 Å². The van der Waals surface area contributed by atoms with Gasteiger partial charge in [-0.15, -0.1) is 0 Å². The Morgan fingerprint density at radius 2 is 1.93 bits per heavy atom. The zero-order valence-corrected chi connectivity index (χ0v) is 10.1. The monoisotopic (exact) mass is 199 g/mol. The third-order valence-corrected chi connectivity index (χ3v) is 3.04. The lowest BCUT2D eigenvalue weighted by atomic mass is 9.89. The first kappa shape index (κ1) is 12.0. The Hall–Kier alpha value is -0.120. The van der Waals surface area contributed by atoms with Crippen LogP contribution in [-0.2, 0) is 0 Å². The van der Waals surface area contributed by atoms with E-state index in [-0.39, 0.29) is 0 Å². The Kier molecular flexibility index (Phi) is 4.35. The van der Waals surface area contributed by atoms with E-state index in [0.29, 0.717) is 5.41 Å². The zero-order valence-electron chi connectivity index (χ0n) is 10.1. The Bertz CT molecular complexity index is 162. The molecule has 0 amide bonds. The normalized spacial score (nSPS) is 27.9. The van der Waals surface area contributed by atoms with Crippen molar-refractivity contribution >= 4 is 0 Å². The van der Waals surface area contributed by atoms with Crippen molar-refractivity contribution in [2.75, 3.05) is 53.9 Å². The molecule has 0 spiro atoms. The van der Waals surface area contributed by atoms with Crippen LogP contribution in [0.15, 0.2) is 0 Å². The fraction of sp³-hybridized carbons (Fsp3) is 1.00. The summed E-state index contributed by atoms with van der Waals surface area (Å²) in [6, 6.07) is 0. The summed E-state index contributed by atoms with van der Waals surface area (Å²) in [5.74, 6) is 0. The van der Waals surface area contributed by atoms with Crippen LogP contribution in [0.5, 0.6) is 0 Å². The average Bonchev–Trinajstić information content (AvgIpc) is 2.48. The molecule has 1 fully saturated rings. The van der Waals surface area contributed by atoms with Gasteiger partial charge in [0.25, 0.3) is 0 Å². The summed E-state index contributed by atoms with van der Waals surface area (Å²) >= 11 is 0. The van der Waals surface area contributed by atoms with Crippen LogP contribution in [-0.4, -0.2) is 63.7 Å². The van der Waals surface area contributed by atoms with E-state index in [0.717, 1.165) is 6.54 Å². The van der Waals surface area contributed by atoms with Gasteiger partial charge in [-0.2, -0.15) is 0 Å². The van der Waals surface area contributed by atoms with Crippen LogP contribution in [0.4, 0.5) is 0 Å². The van der Waals surface area contributed by atoms with Gasteiger partial charge < -0.3 is 15.1 Å². The molecule has 84 valence electrons. The van der Waals surface area contributed by atoms with E-state index in [2.05, 4.69) is 43.2 Å². The van der Waals surface area contributed by atoms with Crippen molar-refractivity contribution in [1.29, 1.82) is 0 Å². The highest BCUT2D eigenvalue weighted by atomic mass is 15.2. The lowest BCUT2D eigenvalue weighted by Gasteiger charge is -2.29. The predicted molar refractivity (Wildman–Crippen MR) is 61.6 cm³/mol. The van der Waals surface area contributed by atoms with Crippen molar-refractivity contribution in [3.05, 3.63) is 0 Å². The SMILES string of the molecule is CN(C)CCN(C)CC1(C)CCNC1. The van der Waals surface area contributed by atoms with Gasteiger partial charge in [-0.3, -0.25) is 0 Å². The maximum Gasteiger partial charge on any atom is 0.0106 e. The van der Waals surface area contributed by atoms with Crippen molar-refractivity contribution < 1.29 is 0 Å². The molecule has 0 bridgehead atoms. The zero-order chi connectivity index (χ0) is 10.6. The number of nitrogens with one attached hydrogen (secondary N) is 1. The summed E-state index contributed by atoms with van der Waals surface area (Å²) in [6.07, 6.45) is 1.32. The highest BCUT2D eigenvalue weighted by Gasteiger charge is 2.29. The number of nitrogens with zero attached hydrogens (tertiary/aromatic N) is 2. The van der Waals surface area contributed by atoms with Crippen LogP contribution in [0.25, 0.3) is 0 Å². The molecule has 0 aromatic rings. The topological polar surface area (TPSA) is 18.5 Å². The summed E-state index contributed by atoms with van der Waals surface area (Å²) in [7, 11) is 6.49. The molecule has 14 heavy (non-hydrogen) atoms. The van der Waals surface area contributed by atoms with Gasteiger partial charge in [0, 0.05) is 26.2 Å². The van der Waals surface area contributed by atoms with Crippen molar-refractivity contribution in [3.63, 3.8) is 0 Å². The van der Waals surface area contributed by atoms with E-state index < -0.39 is 0 Å². The summed E-state index contributed by atoms with van der Waals surface area (Å²) in [5.41, 5.74) is 0.501. The fourth-order valence-corrected chi connectivity index (χ4v) is 2.11. The Morgan fingerprint density at radius 3 is 2.43 bits per heavy atom. The number of hydrogen-bond acceptors (Lipinski definition) is 3. The van der Waals surface area contributed by atoms with Gasteiger partial charge in [0.05, 0.1) is 0 Å². The lowest BCUT2D eigenvalue weighted by molar-refractivity contribution is 0.195. The summed E-state index contributed by atoms with van der Waals surface area (Å²) in [4.78, 5) is 4.69. The number of hydrogen-bond donors (Lipinski definition) is 1. The van der Waals surface area contributed by atoms with Crippen molar-refractivity contribution in [2.45, 2.75) is 13.3 Å². The lowest BCUT2D eigenvalue weighted by Crippen LogP contribution is -2.38. The van der Waals surface area contributed by atoms with Crippen LogP contribution in [0.1, 0.15) is 13.3 Å². The average molecular weight is 199 g/mol. The molecule has 1 aliphatic rings. The Balaban J connectivity index is 2.21. The summed E-state index contributed by atoms with van der Waals surface area (Å²) in [6.45, 7) is 8.30. The maximum atomic E-state index is 3.45. The molecule has 0 radical (unpaired) electrons. The van der Waals surface area contributed by atoms with Gasteiger partial charge >= 0.3 is 0 Å². The molecule has 3 heteroatoms. The molecule has 1 unspecified atom stereocenters. The van der Waals surface area contributed by atoms with Gasteiger partial charge in [-0.25, -0.2) is 0 Å². The quantitative estimate of drug-likeness (QED) is 0.695. The van der Waals surface area contributed by atoms with Crippen LogP contribution < -0.4 is 5.32 Å². The number of rotatable bonds is 5. The standard InChI is InChI=1S/C11H25N3/c1-11(5-6-12-9-11)10-14(4)8-7-13(2)3/h12H,5-10H2,1-4H3. The molecule has 1 atom stereocenters. The third kappa shape index (κ3) is 3.95. The van der Waals surface area contributed by atoms with Crippen LogP contribution in [0.2, 0.25) is 0 Å². The second-order valence-corrected chi connectivity index (χ2v) is 5.28. The van der Waals surface area contributed by atoms with Crippen molar-refractivity contribution in [3.8, 4) is 0 Å². The Morgan fingerprint density at radius 1 is 1.21 bits per heavy atom. The van der Waals surface area contributed by atoms with Crippen LogP contribution in [0.3, 0.4) is 0 Å².